The summed E-state index contributed by atoms with van der Waals surface area (Å²) in [5.74, 6) is -1.12. The molecular formula is C26H33F2N3O4. The predicted molar refractivity (Wildman–Crippen MR) is 129 cm³/mol. The summed E-state index contributed by atoms with van der Waals surface area (Å²) in [5.41, 5.74) is 1.07. The first-order valence-corrected chi connectivity index (χ1v) is 11.6. The highest BCUT2D eigenvalue weighted by molar-refractivity contribution is 5.99. The number of rotatable bonds is 4. The maximum absolute atomic E-state index is 14.4. The van der Waals surface area contributed by atoms with E-state index in [-0.39, 0.29) is 48.6 Å². The van der Waals surface area contributed by atoms with Crippen molar-refractivity contribution in [2.24, 2.45) is 5.92 Å². The Labute approximate surface area is 205 Å². The molecule has 2 aromatic carbocycles. The average Bonchev–Trinajstić information content (AvgIpc) is 2.81. The van der Waals surface area contributed by atoms with Crippen LogP contribution in [0.5, 0.6) is 5.75 Å². The average molecular weight is 490 g/mol. The number of benzene rings is 2. The van der Waals surface area contributed by atoms with E-state index < -0.39 is 11.6 Å². The fraction of sp³-hybridized carbons (Fsp3) is 0.462. The van der Waals surface area contributed by atoms with Crippen LogP contribution in [0.2, 0.25) is 0 Å². The molecule has 9 heteroatoms. The summed E-state index contributed by atoms with van der Waals surface area (Å²) in [5, 5.41) is 2.69. The molecule has 3 atom stereocenters. The van der Waals surface area contributed by atoms with Crippen LogP contribution in [-0.2, 0) is 16.1 Å². The van der Waals surface area contributed by atoms with Gasteiger partial charge >= 0.3 is 0 Å². The van der Waals surface area contributed by atoms with E-state index in [4.69, 9.17) is 9.47 Å². The van der Waals surface area contributed by atoms with Crippen LogP contribution in [0.3, 0.4) is 0 Å². The highest BCUT2D eigenvalue weighted by Gasteiger charge is 2.29. The fourth-order valence-electron chi connectivity index (χ4n) is 4.24. The molecule has 0 aliphatic carbocycles. The fourth-order valence-corrected chi connectivity index (χ4v) is 4.24. The molecule has 3 rings (SSSR count). The van der Waals surface area contributed by atoms with Crippen molar-refractivity contribution in [1.82, 2.24) is 9.80 Å². The summed E-state index contributed by atoms with van der Waals surface area (Å²) in [7, 11) is 3.28. The SMILES string of the molecule is CO[C@@H]1CN(C)C(=O)c2cc(NC(C)=O)ccc2OC[C@@H](C)N(Cc2cc(F)ccc2F)C[C@H]1C. The third-order valence-electron chi connectivity index (χ3n) is 6.28. The van der Waals surface area contributed by atoms with Crippen molar-refractivity contribution in [2.75, 3.05) is 39.2 Å². The van der Waals surface area contributed by atoms with Crippen molar-refractivity contribution in [1.29, 1.82) is 0 Å². The van der Waals surface area contributed by atoms with E-state index >= 15 is 0 Å². The molecule has 1 N–H and O–H groups in total. The Hall–Kier alpha value is -3.04. The van der Waals surface area contributed by atoms with Gasteiger partial charge in [0.2, 0.25) is 5.91 Å². The number of fused-ring (bicyclic) bond motifs is 1. The molecular weight excluding hydrogens is 456 g/mol. The number of likely N-dealkylation sites (N-methyl/N-ethyl adjacent to an activating group) is 1. The zero-order valence-electron chi connectivity index (χ0n) is 20.8. The number of nitrogens with zero attached hydrogens (tertiary/aromatic N) is 2. The van der Waals surface area contributed by atoms with E-state index in [9.17, 15) is 18.4 Å². The maximum atomic E-state index is 14.4. The Balaban J connectivity index is 1.96. The van der Waals surface area contributed by atoms with Crippen LogP contribution in [0.15, 0.2) is 36.4 Å². The quantitative estimate of drug-likeness (QED) is 0.705. The van der Waals surface area contributed by atoms with Crippen molar-refractivity contribution < 1.29 is 27.8 Å². The summed E-state index contributed by atoms with van der Waals surface area (Å²) in [6.07, 6.45) is -0.293. The highest BCUT2D eigenvalue weighted by Crippen LogP contribution is 2.27. The molecule has 0 saturated heterocycles. The van der Waals surface area contributed by atoms with Gasteiger partial charge in [-0.3, -0.25) is 14.5 Å². The van der Waals surface area contributed by atoms with Crippen LogP contribution in [-0.4, -0.2) is 67.6 Å². The lowest BCUT2D eigenvalue weighted by molar-refractivity contribution is -0.114. The van der Waals surface area contributed by atoms with Crippen LogP contribution in [0.4, 0.5) is 14.5 Å². The van der Waals surface area contributed by atoms with Crippen molar-refractivity contribution >= 4 is 17.5 Å². The molecule has 0 aromatic heterocycles. The molecule has 2 amide bonds. The maximum Gasteiger partial charge on any atom is 0.257 e. The number of hydrogen-bond donors (Lipinski definition) is 1. The summed E-state index contributed by atoms with van der Waals surface area (Å²) in [6, 6.07) is 8.17. The Morgan fingerprint density at radius 3 is 2.60 bits per heavy atom. The first-order valence-electron chi connectivity index (χ1n) is 11.6. The molecule has 190 valence electrons. The minimum Gasteiger partial charge on any atom is -0.491 e. The van der Waals surface area contributed by atoms with Crippen LogP contribution in [0.25, 0.3) is 0 Å². The van der Waals surface area contributed by atoms with Gasteiger partial charge in [-0.1, -0.05) is 6.92 Å². The minimum absolute atomic E-state index is 0.0288. The Kier molecular flexibility index (Phi) is 8.80. The lowest BCUT2D eigenvalue weighted by Crippen LogP contribution is -2.46. The molecule has 35 heavy (non-hydrogen) atoms. The molecule has 7 nitrogen and oxygen atoms in total. The number of amides is 2. The molecule has 2 aromatic rings. The molecule has 0 spiro atoms. The number of carbonyl (C=O) groups excluding carboxylic acids is 2. The van der Waals surface area contributed by atoms with Gasteiger partial charge < -0.3 is 19.7 Å². The number of carbonyl (C=O) groups is 2. The number of ether oxygens (including phenoxy) is 2. The summed E-state index contributed by atoms with van der Waals surface area (Å²) in [4.78, 5) is 28.4. The van der Waals surface area contributed by atoms with Crippen LogP contribution < -0.4 is 10.1 Å². The van der Waals surface area contributed by atoms with E-state index in [0.29, 0.717) is 30.1 Å². The number of hydrogen-bond acceptors (Lipinski definition) is 5. The molecule has 0 fully saturated rings. The van der Waals surface area contributed by atoms with Crippen LogP contribution in [0, 0.1) is 17.6 Å². The molecule has 1 heterocycles. The Bertz CT molecular complexity index is 1060. The van der Waals surface area contributed by atoms with Gasteiger partial charge in [0, 0.05) is 58.0 Å². The van der Waals surface area contributed by atoms with Crippen LogP contribution in [0.1, 0.15) is 36.7 Å². The molecule has 0 radical (unpaired) electrons. The second-order valence-corrected chi connectivity index (χ2v) is 9.15. The second kappa shape index (κ2) is 11.6. The number of anilines is 1. The smallest absolute Gasteiger partial charge is 0.257 e. The Morgan fingerprint density at radius 1 is 1.17 bits per heavy atom. The van der Waals surface area contributed by atoms with Gasteiger partial charge in [0.1, 0.15) is 24.0 Å². The van der Waals surface area contributed by atoms with Crippen molar-refractivity contribution in [3.8, 4) is 5.75 Å². The zero-order chi connectivity index (χ0) is 25.7. The summed E-state index contributed by atoms with van der Waals surface area (Å²) in [6.45, 7) is 6.58. The third-order valence-corrected chi connectivity index (χ3v) is 6.28. The number of methoxy groups -OCH3 is 1. The molecule has 0 bridgehead atoms. The number of halogens is 2. The monoisotopic (exact) mass is 489 g/mol. The number of nitrogens with one attached hydrogen (secondary N) is 1. The van der Waals surface area contributed by atoms with E-state index in [1.165, 1.54) is 13.0 Å². The topological polar surface area (TPSA) is 71.1 Å². The van der Waals surface area contributed by atoms with Crippen molar-refractivity contribution in [3.05, 3.63) is 59.2 Å². The molecule has 0 saturated carbocycles. The standard InChI is InChI=1S/C26H33F2N3O4/c1-16-12-31(13-19-10-20(27)6-8-23(19)28)17(2)15-35-24-9-7-21(29-18(3)32)11-22(24)26(33)30(4)14-25(16)34-5/h6-11,16-17,25H,12-15H2,1-5H3,(H,29,32)/t16-,17-,25-/m1/s1. The molecule has 1 aliphatic heterocycles. The van der Waals surface area contributed by atoms with Crippen molar-refractivity contribution in [3.63, 3.8) is 0 Å². The third kappa shape index (κ3) is 6.76. The van der Waals surface area contributed by atoms with Gasteiger partial charge in [-0.2, -0.15) is 0 Å². The lowest BCUT2D eigenvalue weighted by Gasteiger charge is -2.36. The van der Waals surface area contributed by atoms with Gasteiger partial charge in [0.05, 0.1) is 11.7 Å². The van der Waals surface area contributed by atoms with E-state index in [0.717, 1.165) is 12.1 Å². The minimum atomic E-state index is -0.494. The first-order chi connectivity index (χ1) is 16.6. The van der Waals surface area contributed by atoms with Gasteiger partial charge in [-0.05, 0) is 49.2 Å². The van der Waals surface area contributed by atoms with Crippen LogP contribution >= 0.6 is 0 Å². The van der Waals surface area contributed by atoms with Gasteiger partial charge in [-0.15, -0.1) is 0 Å². The van der Waals surface area contributed by atoms with E-state index in [2.05, 4.69) is 5.32 Å². The van der Waals surface area contributed by atoms with Gasteiger partial charge in [0.25, 0.3) is 5.91 Å². The second-order valence-electron chi connectivity index (χ2n) is 9.15. The van der Waals surface area contributed by atoms with Gasteiger partial charge in [0.15, 0.2) is 0 Å². The largest absolute Gasteiger partial charge is 0.491 e. The van der Waals surface area contributed by atoms with Crippen molar-refractivity contribution in [2.45, 2.75) is 39.5 Å². The predicted octanol–water partition coefficient (Wildman–Crippen LogP) is 3.93. The molecule has 1 aliphatic rings. The first kappa shape index (κ1) is 26.6. The zero-order valence-corrected chi connectivity index (χ0v) is 20.8. The van der Waals surface area contributed by atoms with E-state index in [1.807, 2.05) is 18.7 Å². The normalized spacial score (nSPS) is 22.0. The Morgan fingerprint density at radius 2 is 1.91 bits per heavy atom. The molecule has 0 unspecified atom stereocenters. The lowest BCUT2D eigenvalue weighted by atomic mass is 10.0. The summed E-state index contributed by atoms with van der Waals surface area (Å²) >= 11 is 0. The highest BCUT2D eigenvalue weighted by atomic mass is 19.1. The van der Waals surface area contributed by atoms with E-state index in [1.54, 1.807) is 37.3 Å². The summed E-state index contributed by atoms with van der Waals surface area (Å²) < 4.78 is 40.0. The van der Waals surface area contributed by atoms with Gasteiger partial charge in [-0.25, -0.2) is 8.78 Å².